The summed E-state index contributed by atoms with van der Waals surface area (Å²) in [5, 5.41) is 0. The molecule has 0 aliphatic carbocycles. The van der Waals surface area contributed by atoms with Crippen molar-refractivity contribution in [3.8, 4) is 0 Å². The van der Waals surface area contributed by atoms with Crippen molar-refractivity contribution in [3.05, 3.63) is 70.8 Å². The lowest BCUT2D eigenvalue weighted by Gasteiger charge is -2.19. The van der Waals surface area contributed by atoms with Crippen LogP contribution in [0.1, 0.15) is 159 Å². The number of benzene rings is 2. The van der Waals surface area contributed by atoms with E-state index in [1.54, 1.807) is 0 Å². The standard InChI is InChI=1S/2C13H20.2C4H10.2C2H6/c2*1-5-12-8-6-7-9-13(12)11(4)10(2)3;2*1-4(2)3;2*1-2/h2*6-11H,5H2,1-4H3;2*4H,1-3H3;2*1-2H3. The maximum atomic E-state index is 2.32. The molecule has 2 aromatic carbocycles. The van der Waals surface area contributed by atoms with Gasteiger partial charge in [-0.2, -0.15) is 0 Å². The lowest BCUT2D eigenvalue weighted by Crippen LogP contribution is -2.04. The monoisotopic (exact) mass is 529 g/mol. The molecule has 38 heavy (non-hydrogen) atoms. The molecule has 0 radical (unpaired) electrons. The van der Waals surface area contributed by atoms with Crippen molar-refractivity contribution in [2.24, 2.45) is 23.7 Å². The van der Waals surface area contributed by atoms with Crippen LogP contribution in [0, 0.1) is 23.7 Å². The minimum atomic E-state index is 0.677. The molecule has 0 bridgehead atoms. The second-order valence-corrected chi connectivity index (χ2v) is 11.6. The van der Waals surface area contributed by atoms with Gasteiger partial charge in [-0.05, 0) is 70.6 Å². The molecule has 2 atom stereocenters. The summed E-state index contributed by atoms with van der Waals surface area (Å²) in [5.41, 5.74) is 6.06. The van der Waals surface area contributed by atoms with E-state index in [1.165, 1.54) is 22.3 Å². The topological polar surface area (TPSA) is 0 Å². The molecule has 0 heterocycles. The third-order valence-electron chi connectivity index (χ3n) is 5.85. The van der Waals surface area contributed by atoms with Crippen molar-refractivity contribution >= 4 is 0 Å². The quantitative estimate of drug-likeness (QED) is 0.349. The van der Waals surface area contributed by atoms with Gasteiger partial charge in [-0.15, -0.1) is 0 Å². The number of hydrogen-bond acceptors (Lipinski definition) is 0. The normalized spacial score (nSPS) is 11.3. The van der Waals surface area contributed by atoms with Gasteiger partial charge >= 0.3 is 0 Å². The highest BCUT2D eigenvalue weighted by Crippen LogP contribution is 2.27. The maximum Gasteiger partial charge on any atom is -0.0165 e. The summed E-state index contributed by atoms with van der Waals surface area (Å²) in [7, 11) is 0. The zero-order chi connectivity index (χ0) is 30.8. The summed E-state index contributed by atoms with van der Waals surface area (Å²) >= 11 is 0. The SMILES string of the molecule is CC.CC.CC(C)C.CC(C)C.CCc1ccccc1C(C)C(C)C.CCc1ccccc1C(C)C(C)C. The molecule has 0 nitrogen and oxygen atoms in total. The zero-order valence-corrected chi connectivity index (χ0v) is 29.5. The first-order chi connectivity index (χ1) is 17.8. The molecule has 0 saturated heterocycles. The Bertz CT molecular complexity index is 651. The first-order valence-corrected chi connectivity index (χ1v) is 15.9. The van der Waals surface area contributed by atoms with E-state index in [4.69, 9.17) is 0 Å². The van der Waals surface area contributed by atoms with Crippen LogP contribution in [0.25, 0.3) is 0 Å². The zero-order valence-electron chi connectivity index (χ0n) is 29.5. The first-order valence-electron chi connectivity index (χ1n) is 15.9. The molecule has 2 unspecified atom stereocenters. The Hall–Kier alpha value is -1.56. The summed E-state index contributed by atoms with van der Waals surface area (Å²) in [5.74, 6) is 4.48. The first kappa shape index (κ1) is 43.5. The summed E-state index contributed by atoms with van der Waals surface area (Å²) in [6, 6.07) is 17.6. The third-order valence-corrected chi connectivity index (χ3v) is 5.85. The smallest absolute Gasteiger partial charge is 0.0165 e. The van der Waals surface area contributed by atoms with Crippen LogP contribution in [0.2, 0.25) is 0 Å². The lowest BCUT2D eigenvalue weighted by molar-refractivity contribution is 0.531. The van der Waals surface area contributed by atoms with E-state index in [0.717, 1.165) is 36.5 Å². The average Bonchev–Trinajstić information content (AvgIpc) is 2.89. The van der Waals surface area contributed by atoms with Crippen LogP contribution in [0.3, 0.4) is 0 Å². The Morgan fingerprint density at radius 3 is 0.816 bits per heavy atom. The van der Waals surface area contributed by atoms with Gasteiger partial charge in [-0.25, -0.2) is 0 Å². The Balaban J connectivity index is -0.000000216. The maximum absolute atomic E-state index is 2.32. The fourth-order valence-corrected chi connectivity index (χ4v) is 3.32. The Morgan fingerprint density at radius 1 is 0.421 bits per heavy atom. The molecule has 224 valence electrons. The van der Waals surface area contributed by atoms with Gasteiger partial charge in [-0.1, -0.05) is 173 Å². The van der Waals surface area contributed by atoms with Crippen molar-refractivity contribution in [2.75, 3.05) is 0 Å². The van der Waals surface area contributed by atoms with Gasteiger partial charge in [0.15, 0.2) is 0 Å². The van der Waals surface area contributed by atoms with Gasteiger partial charge in [0.05, 0.1) is 0 Å². The molecule has 0 N–H and O–H groups in total. The molecule has 0 saturated carbocycles. The molecular formula is C38H72. The van der Waals surface area contributed by atoms with Gasteiger partial charge in [0.1, 0.15) is 0 Å². The van der Waals surface area contributed by atoms with Gasteiger partial charge in [-0.3, -0.25) is 0 Å². The van der Waals surface area contributed by atoms with E-state index in [0.29, 0.717) is 11.8 Å². The second kappa shape index (κ2) is 28.4. The highest BCUT2D eigenvalue weighted by atomic mass is 14.2. The van der Waals surface area contributed by atoms with Gasteiger partial charge in [0.25, 0.3) is 0 Å². The molecule has 0 aliphatic heterocycles. The molecule has 0 heteroatoms. The van der Waals surface area contributed by atoms with Crippen molar-refractivity contribution in [1.82, 2.24) is 0 Å². The van der Waals surface area contributed by atoms with Crippen LogP contribution < -0.4 is 0 Å². The fraction of sp³-hybridized carbons (Fsp3) is 0.684. The van der Waals surface area contributed by atoms with Crippen LogP contribution >= 0.6 is 0 Å². The van der Waals surface area contributed by atoms with Gasteiger partial charge in [0.2, 0.25) is 0 Å². The molecule has 0 aromatic heterocycles. The van der Waals surface area contributed by atoms with Crippen LogP contribution in [0.4, 0.5) is 0 Å². The molecule has 0 amide bonds. The predicted octanol–water partition coefficient (Wildman–Crippen LogP) is 13.4. The molecule has 0 fully saturated rings. The fourth-order valence-electron chi connectivity index (χ4n) is 3.32. The van der Waals surface area contributed by atoms with Crippen molar-refractivity contribution in [2.45, 2.75) is 149 Å². The van der Waals surface area contributed by atoms with E-state index in [1.807, 2.05) is 27.7 Å². The number of hydrogen-bond donors (Lipinski definition) is 0. The second-order valence-electron chi connectivity index (χ2n) is 11.6. The summed E-state index contributed by atoms with van der Waals surface area (Å²) in [6.07, 6.45) is 2.29. The van der Waals surface area contributed by atoms with E-state index < -0.39 is 0 Å². The summed E-state index contributed by atoms with van der Waals surface area (Å²) in [6.45, 7) is 39.2. The minimum absolute atomic E-state index is 0.677. The van der Waals surface area contributed by atoms with Gasteiger partial charge in [0, 0.05) is 0 Å². The van der Waals surface area contributed by atoms with Crippen LogP contribution in [-0.2, 0) is 12.8 Å². The van der Waals surface area contributed by atoms with E-state index in [9.17, 15) is 0 Å². The molecular weight excluding hydrogens is 456 g/mol. The Kier molecular flexibility index (Phi) is 32.6. The molecule has 2 rings (SSSR count). The highest BCUT2D eigenvalue weighted by molar-refractivity contribution is 5.31. The van der Waals surface area contributed by atoms with Crippen molar-refractivity contribution < 1.29 is 0 Å². The highest BCUT2D eigenvalue weighted by Gasteiger charge is 2.13. The Morgan fingerprint density at radius 2 is 0.632 bits per heavy atom. The van der Waals surface area contributed by atoms with Gasteiger partial charge < -0.3 is 0 Å². The summed E-state index contributed by atoms with van der Waals surface area (Å²) < 4.78 is 0. The lowest BCUT2D eigenvalue weighted by atomic mass is 9.86. The molecule has 2 aromatic rings. The predicted molar refractivity (Wildman–Crippen MR) is 182 cm³/mol. The summed E-state index contributed by atoms with van der Waals surface area (Å²) in [4.78, 5) is 0. The Labute approximate surface area is 243 Å². The van der Waals surface area contributed by atoms with E-state index in [-0.39, 0.29) is 0 Å². The van der Waals surface area contributed by atoms with Crippen LogP contribution in [-0.4, -0.2) is 0 Å². The largest absolute Gasteiger partial charge is 0.0683 e. The molecule has 0 aliphatic rings. The van der Waals surface area contributed by atoms with E-state index >= 15 is 0 Å². The van der Waals surface area contributed by atoms with Crippen molar-refractivity contribution in [1.29, 1.82) is 0 Å². The van der Waals surface area contributed by atoms with E-state index in [2.05, 4.69) is 145 Å². The number of aryl methyl sites for hydroxylation is 2. The van der Waals surface area contributed by atoms with Crippen LogP contribution in [0.5, 0.6) is 0 Å². The van der Waals surface area contributed by atoms with Crippen LogP contribution in [0.15, 0.2) is 48.5 Å². The minimum Gasteiger partial charge on any atom is -0.0683 e. The average molecular weight is 529 g/mol. The third kappa shape index (κ3) is 23.5. The molecule has 0 spiro atoms. The van der Waals surface area contributed by atoms with Crippen molar-refractivity contribution in [3.63, 3.8) is 0 Å². The number of rotatable bonds is 6.